The Labute approximate surface area is 83.3 Å². The Balaban J connectivity index is 5.79. The molecule has 0 saturated carbocycles. The van der Waals surface area contributed by atoms with Crippen molar-refractivity contribution in [3.63, 3.8) is 0 Å². The number of carboxylic acid groups (broad SMARTS) is 1. The van der Waals surface area contributed by atoms with Crippen LogP contribution in [0.3, 0.4) is 0 Å². The lowest BCUT2D eigenvalue weighted by molar-refractivity contribution is -0.146. The second-order valence-corrected chi connectivity index (χ2v) is 5.10. The third kappa shape index (κ3) is 1.75. The molecule has 0 bridgehead atoms. The van der Waals surface area contributed by atoms with E-state index in [1.54, 1.807) is 0 Å². The Morgan fingerprint density at radius 1 is 1.36 bits per heavy atom. The topological polar surface area (TPSA) is 94.9 Å². The second-order valence-electron chi connectivity index (χ2n) is 3.53. The molecule has 1 atom stereocenters. The van der Waals surface area contributed by atoms with Gasteiger partial charge >= 0.3 is 5.97 Å². The van der Waals surface area contributed by atoms with Gasteiger partial charge in [0.2, 0.25) is 4.87 Å². The molecule has 7 heteroatoms. The van der Waals surface area contributed by atoms with Crippen LogP contribution in [-0.4, -0.2) is 47.9 Å². The number of carboxylic acids is 1. The Morgan fingerprint density at radius 3 is 1.71 bits per heavy atom. The van der Waals surface area contributed by atoms with E-state index >= 15 is 0 Å². The van der Waals surface area contributed by atoms with Crippen LogP contribution in [-0.2, 0) is 14.9 Å². The highest BCUT2D eigenvalue weighted by Gasteiger charge is 2.55. The van der Waals surface area contributed by atoms with Crippen LogP contribution < -0.4 is 0 Å². The van der Waals surface area contributed by atoms with Crippen LogP contribution >= 0.6 is 0 Å². The van der Waals surface area contributed by atoms with Gasteiger partial charge in [-0.25, -0.2) is 4.79 Å². The van der Waals surface area contributed by atoms with Gasteiger partial charge in [-0.05, 0) is 20.0 Å². The summed E-state index contributed by atoms with van der Waals surface area (Å²) < 4.78 is 31.2. The monoisotopic (exact) mass is 225 g/mol. The van der Waals surface area contributed by atoms with Crippen LogP contribution in [0.1, 0.15) is 13.8 Å². The lowest BCUT2D eigenvalue weighted by Crippen LogP contribution is -2.60. The van der Waals surface area contributed by atoms with Crippen molar-refractivity contribution in [1.29, 1.82) is 0 Å². The molecular weight excluding hydrogens is 210 g/mol. The lowest BCUT2D eigenvalue weighted by Gasteiger charge is -2.35. The highest BCUT2D eigenvalue weighted by atomic mass is 32.2. The third-order valence-corrected chi connectivity index (χ3v) is 3.94. The van der Waals surface area contributed by atoms with E-state index in [0.717, 1.165) is 4.90 Å². The molecule has 0 rings (SSSR count). The molecule has 0 aromatic rings. The molecule has 0 aliphatic heterocycles. The first-order valence-corrected chi connectivity index (χ1v) is 5.40. The van der Waals surface area contributed by atoms with Gasteiger partial charge in [0.05, 0.1) is 0 Å². The van der Waals surface area contributed by atoms with Crippen molar-refractivity contribution in [3.8, 4) is 0 Å². The number of hydrogen-bond donors (Lipinski definition) is 2. The number of nitrogens with zero attached hydrogens (tertiary/aromatic N) is 1. The smallest absolute Gasteiger partial charge is 0.342 e. The van der Waals surface area contributed by atoms with E-state index in [4.69, 9.17) is 9.66 Å². The van der Waals surface area contributed by atoms with E-state index in [-0.39, 0.29) is 0 Å². The number of hydrogen-bond acceptors (Lipinski definition) is 4. The minimum Gasteiger partial charge on any atom is -0.479 e. The molecule has 0 aromatic carbocycles. The molecule has 0 aromatic heterocycles. The average Bonchev–Trinajstić information content (AvgIpc) is 1.79. The maximum Gasteiger partial charge on any atom is 0.342 e. The quantitative estimate of drug-likeness (QED) is 0.647. The molecule has 0 aliphatic rings. The molecule has 6 nitrogen and oxygen atoms in total. The second kappa shape index (κ2) is 3.84. The normalized spacial score (nSPS) is 17.1. The van der Waals surface area contributed by atoms with E-state index in [9.17, 15) is 13.2 Å². The van der Waals surface area contributed by atoms with Crippen LogP contribution in [0.25, 0.3) is 0 Å². The van der Waals surface area contributed by atoms with Crippen LogP contribution in [0.4, 0.5) is 0 Å². The summed E-state index contributed by atoms with van der Waals surface area (Å²) in [4.78, 5) is 9.67. The molecule has 0 fully saturated rings. The summed E-state index contributed by atoms with van der Waals surface area (Å²) in [5, 5.41) is 8.92. The first-order chi connectivity index (χ1) is 6.08. The molecule has 2 N–H and O–H groups in total. The predicted molar refractivity (Wildman–Crippen MR) is 50.4 cm³/mol. The zero-order valence-corrected chi connectivity index (χ0v) is 9.37. The van der Waals surface area contributed by atoms with Gasteiger partial charge in [-0.2, -0.15) is 8.42 Å². The van der Waals surface area contributed by atoms with Gasteiger partial charge in [0.1, 0.15) is 0 Å². The summed E-state index contributed by atoms with van der Waals surface area (Å²) in [7, 11) is -2.11. The van der Waals surface area contributed by atoms with E-state index in [1.165, 1.54) is 27.9 Å². The first kappa shape index (κ1) is 13.3. The van der Waals surface area contributed by atoms with Crippen molar-refractivity contribution in [2.45, 2.75) is 18.7 Å². The van der Waals surface area contributed by atoms with Crippen LogP contribution in [0.2, 0.25) is 0 Å². The fraction of sp³-hybridized carbons (Fsp3) is 0.857. The largest absolute Gasteiger partial charge is 0.479 e. The SMILES string of the molecule is CC(C)C(C(=O)O)(N(C)C)S(=O)(=O)O. The molecule has 0 heterocycles. The molecule has 0 radical (unpaired) electrons. The van der Waals surface area contributed by atoms with E-state index in [0.29, 0.717) is 0 Å². The summed E-state index contributed by atoms with van der Waals surface area (Å²) >= 11 is 0. The van der Waals surface area contributed by atoms with Crippen molar-refractivity contribution in [2.75, 3.05) is 14.1 Å². The van der Waals surface area contributed by atoms with E-state index in [2.05, 4.69) is 0 Å². The van der Waals surface area contributed by atoms with Gasteiger partial charge < -0.3 is 5.11 Å². The minimum atomic E-state index is -4.70. The summed E-state index contributed by atoms with van der Waals surface area (Å²) in [6, 6.07) is 0. The fourth-order valence-electron chi connectivity index (χ4n) is 1.59. The Morgan fingerprint density at radius 2 is 1.71 bits per heavy atom. The Hall–Kier alpha value is -0.660. The molecule has 0 aliphatic carbocycles. The van der Waals surface area contributed by atoms with E-state index in [1.807, 2.05) is 0 Å². The lowest BCUT2D eigenvalue weighted by atomic mass is 10.0. The summed E-state index contributed by atoms with van der Waals surface area (Å²) in [6.07, 6.45) is 0. The highest BCUT2D eigenvalue weighted by molar-refractivity contribution is 7.88. The van der Waals surface area contributed by atoms with Crippen LogP contribution in [0.5, 0.6) is 0 Å². The van der Waals surface area contributed by atoms with Gasteiger partial charge in [0, 0.05) is 0 Å². The van der Waals surface area contributed by atoms with E-state index < -0.39 is 26.9 Å². The van der Waals surface area contributed by atoms with Gasteiger partial charge in [-0.15, -0.1) is 0 Å². The maximum absolute atomic E-state index is 11.1. The zero-order chi connectivity index (χ0) is 11.7. The number of likely N-dealkylation sites (N-methyl/N-ethyl adjacent to an activating group) is 1. The van der Waals surface area contributed by atoms with Crippen molar-refractivity contribution in [3.05, 3.63) is 0 Å². The number of aliphatic carboxylic acids is 1. The predicted octanol–water partition coefficient (Wildman–Crippen LogP) is -0.127. The van der Waals surface area contributed by atoms with Crippen LogP contribution in [0, 0.1) is 5.92 Å². The van der Waals surface area contributed by atoms with Gasteiger partial charge in [-0.3, -0.25) is 9.45 Å². The fourth-order valence-corrected chi connectivity index (χ4v) is 2.87. The molecule has 0 spiro atoms. The number of carbonyl (C=O) groups is 1. The highest BCUT2D eigenvalue weighted by Crippen LogP contribution is 2.28. The maximum atomic E-state index is 11.1. The standard InChI is InChI=1S/C7H15NO5S/c1-5(2)7(6(9)10,8(3)4)14(11,12)13/h5H,1-4H3,(H,9,10)(H,11,12,13). The third-order valence-electron chi connectivity index (χ3n) is 2.15. The molecule has 1 unspecified atom stereocenters. The first-order valence-electron chi connectivity index (χ1n) is 3.96. The minimum absolute atomic E-state index is 0.773. The molecule has 0 saturated heterocycles. The molecular formula is C7H15NO5S. The Kier molecular flexibility index (Phi) is 3.65. The number of rotatable bonds is 4. The van der Waals surface area contributed by atoms with Crippen molar-refractivity contribution >= 4 is 16.1 Å². The molecule has 0 amide bonds. The zero-order valence-electron chi connectivity index (χ0n) is 8.55. The Bertz CT molecular complexity index is 311. The van der Waals surface area contributed by atoms with Gasteiger partial charge in [0.15, 0.2) is 0 Å². The van der Waals surface area contributed by atoms with Crippen molar-refractivity contribution in [2.24, 2.45) is 5.92 Å². The average molecular weight is 225 g/mol. The van der Waals surface area contributed by atoms with Crippen LogP contribution in [0.15, 0.2) is 0 Å². The van der Waals surface area contributed by atoms with Gasteiger partial charge in [-0.1, -0.05) is 13.8 Å². The molecule has 84 valence electrons. The summed E-state index contributed by atoms with van der Waals surface area (Å²) in [5.41, 5.74) is 0. The van der Waals surface area contributed by atoms with Crippen molar-refractivity contribution < 1.29 is 22.9 Å². The summed E-state index contributed by atoms with van der Waals surface area (Å²) in [6.45, 7) is 2.84. The molecule has 14 heavy (non-hydrogen) atoms. The summed E-state index contributed by atoms with van der Waals surface area (Å²) in [5.74, 6) is -2.36. The van der Waals surface area contributed by atoms with Gasteiger partial charge in [0.25, 0.3) is 10.1 Å². The van der Waals surface area contributed by atoms with Crippen molar-refractivity contribution in [1.82, 2.24) is 4.90 Å².